The number of aryl methyl sites for hydroxylation is 1. The molecule has 0 amide bonds. The topological polar surface area (TPSA) is 9.23 Å². The lowest BCUT2D eigenvalue weighted by Gasteiger charge is -2.12. The smallest absolute Gasteiger partial charge is 0.399 e. The van der Waals surface area contributed by atoms with Gasteiger partial charge in [-0.05, 0) is 69.6 Å². The summed E-state index contributed by atoms with van der Waals surface area (Å²) in [5.41, 5.74) is 3.83. The zero-order chi connectivity index (χ0) is 24.3. The second-order valence-electron chi connectivity index (χ2n) is 8.20. The van der Waals surface area contributed by atoms with Crippen LogP contribution in [0.3, 0.4) is 0 Å². The highest BCUT2D eigenvalue weighted by molar-refractivity contribution is 5.90. The Labute approximate surface area is 194 Å². The van der Waals surface area contributed by atoms with Crippen LogP contribution in [0.1, 0.15) is 31.7 Å². The second kappa shape index (κ2) is 9.84. The van der Waals surface area contributed by atoms with Gasteiger partial charge in [0, 0.05) is 0 Å². The van der Waals surface area contributed by atoms with E-state index >= 15 is 0 Å². The van der Waals surface area contributed by atoms with Crippen LogP contribution in [0, 0.1) is 11.6 Å². The van der Waals surface area contributed by atoms with Gasteiger partial charge < -0.3 is 4.74 Å². The van der Waals surface area contributed by atoms with E-state index in [4.69, 9.17) is 0 Å². The van der Waals surface area contributed by atoms with Crippen molar-refractivity contribution in [3.63, 3.8) is 0 Å². The van der Waals surface area contributed by atoms with Crippen LogP contribution >= 0.6 is 0 Å². The van der Waals surface area contributed by atoms with Gasteiger partial charge in [0.15, 0.2) is 11.6 Å². The van der Waals surface area contributed by atoms with Crippen molar-refractivity contribution in [2.75, 3.05) is 0 Å². The zero-order valence-electron chi connectivity index (χ0n) is 18.6. The molecule has 0 fully saturated rings. The van der Waals surface area contributed by atoms with Crippen LogP contribution in [0.4, 0.5) is 22.0 Å². The molecule has 0 aliphatic rings. The van der Waals surface area contributed by atoms with E-state index in [0.717, 1.165) is 41.5 Å². The van der Waals surface area contributed by atoms with Gasteiger partial charge in [-0.3, -0.25) is 0 Å². The Hall–Kier alpha value is -3.41. The summed E-state index contributed by atoms with van der Waals surface area (Å²) in [6.45, 7) is 2.19. The highest BCUT2D eigenvalue weighted by Gasteiger charge is 2.34. The summed E-state index contributed by atoms with van der Waals surface area (Å²) in [6.07, 6.45) is -0.605. The van der Waals surface area contributed by atoms with Crippen LogP contribution in [0.5, 0.6) is 5.75 Å². The molecule has 0 saturated carbocycles. The fourth-order valence-corrected chi connectivity index (χ4v) is 4.11. The summed E-state index contributed by atoms with van der Waals surface area (Å²) in [6, 6.07) is 21.2. The van der Waals surface area contributed by atoms with E-state index in [9.17, 15) is 22.0 Å². The van der Waals surface area contributed by atoms with Gasteiger partial charge >= 0.3 is 6.36 Å². The van der Waals surface area contributed by atoms with Crippen molar-refractivity contribution in [2.45, 2.75) is 39.0 Å². The fraction of sp³-hybridized carbons (Fsp3) is 0.214. The maximum Gasteiger partial charge on any atom is 0.573 e. The van der Waals surface area contributed by atoms with Gasteiger partial charge in [0.1, 0.15) is 0 Å². The van der Waals surface area contributed by atoms with E-state index in [-0.39, 0.29) is 5.56 Å². The molecule has 0 saturated heterocycles. The van der Waals surface area contributed by atoms with Gasteiger partial charge in [-0.15, -0.1) is 13.2 Å². The number of alkyl halides is 3. The Balaban J connectivity index is 1.59. The Bertz CT molecular complexity index is 1270. The number of unbranched alkanes of at least 4 members (excludes halogenated alkanes) is 2. The molecule has 0 aliphatic heterocycles. The number of rotatable bonds is 7. The molecule has 0 atom stereocenters. The number of fused-ring (bicyclic) bond motifs is 1. The summed E-state index contributed by atoms with van der Waals surface area (Å²) in [5, 5.41) is 2.37. The third-order valence-electron chi connectivity index (χ3n) is 5.79. The highest BCUT2D eigenvalue weighted by Crippen LogP contribution is 2.34. The first-order valence-corrected chi connectivity index (χ1v) is 11.1. The van der Waals surface area contributed by atoms with Crippen molar-refractivity contribution in [2.24, 2.45) is 0 Å². The SMILES string of the molecule is CCCCCc1cccc2cc(-c3ccc(-c4cc(F)c(OC(F)(F)F)c(F)c4)cc3)ccc12. The van der Waals surface area contributed by atoms with Crippen LogP contribution < -0.4 is 4.74 Å². The molecule has 4 rings (SSSR count). The van der Waals surface area contributed by atoms with Crippen molar-refractivity contribution < 1.29 is 26.7 Å². The molecule has 1 nitrogen and oxygen atoms in total. The average molecular weight is 470 g/mol. The van der Waals surface area contributed by atoms with Gasteiger partial charge in [-0.25, -0.2) is 8.78 Å². The van der Waals surface area contributed by atoms with E-state index in [1.807, 2.05) is 18.2 Å². The normalized spacial score (nSPS) is 11.7. The Morgan fingerprint density at radius 3 is 1.94 bits per heavy atom. The van der Waals surface area contributed by atoms with Crippen LogP contribution in [0.2, 0.25) is 0 Å². The lowest BCUT2D eigenvalue weighted by atomic mass is 9.95. The number of halogens is 5. The van der Waals surface area contributed by atoms with Gasteiger partial charge in [0.2, 0.25) is 5.75 Å². The second-order valence-corrected chi connectivity index (χ2v) is 8.20. The summed E-state index contributed by atoms with van der Waals surface area (Å²) >= 11 is 0. The minimum absolute atomic E-state index is 0.117. The van der Waals surface area contributed by atoms with E-state index < -0.39 is 23.7 Å². The predicted molar refractivity (Wildman–Crippen MR) is 125 cm³/mol. The molecule has 0 aliphatic carbocycles. The Morgan fingerprint density at radius 2 is 1.32 bits per heavy atom. The summed E-state index contributed by atoms with van der Waals surface area (Å²) in [5.74, 6) is -4.29. The summed E-state index contributed by atoms with van der Waals surface area (Å²) in [7, 11) is 0. The number of hydrogen-bond acceptors (Lipinski definition) is 1. The van der Waals surface area contributed by atoms with Crippen molar-refractivity contribution >= 4 is 10.8 Å². The van der Waals surface area contributed by atoms with Gasteiger partial charge in [0.05, 0.1) is 0 Å². The van der Waals surface area contributed by atoms with E-state index in [0.29, 0.717) is 5.56 Å². The highest BCUT2D eigenvalue weighted by atomic mass is 19.4. The van der Waals surface area contributed by atoms with E-state index in [1.165, 1.54) is 23.8 Å². The molecule has 0 heterocycles. The van der Waals surface area contributed by atoms with Crippen LogP contribution in [-0.4, -0.2) is 6.36 Å². The Kier molecular flexibility index (Phi) is 6.87. The molecule has 0 N–H and O–H groups in total. The molecular formula is C28H23F5O. The third-order valence-corrected chi connectivity index (χ3v) is 5.79. The maximum absolute atomic E-state index is 14.1. The molecule has 0 aromatic heterocycles. The molecule has 0 unspecified atom stereocenters. The molecule has 0 bridgehead atoms. The maximum atomic E-state index is 14.1. The monoisotopic (exact) mass is 470 g/mol. The lowest BCUT2D eigenvalue weighted by molar-refractivity contribution is -0.276. The largest absolute Gasteiger partial charge is 0.573 e. The molecule has 4 aromatic rings. The quantitative estimate of drug-likeness (QED) is 0.193. The first-order chi connectivity index (χ1) is 16.2. The van der Waals surface area contributed by atoms with Crippen molar-refractivity contribution in [3.8, 4) is 28.0 Å². The summed E-state index contributed by atoms with van der Waals surface area (Å²) < 4.78 is 68.7. The first-order valence-electron chi connectivity index (χ1n) is 11.1. The molecule has 6 heteroatoms. The van der Waals surface area contributed by atoms with Gasteiger partial charge in [0.25, 0.3) is 0 Å². The van der Waals surface area contributed by atoms with Crippen LogP contribution in [0.15, 0.2) is 72.8 Å². The van der Waals surface area contributed by atoms with Gasteiger partial charge in [-0.2, -0.15) is 0 Å². The van der Waals surface area contributed by atoms with E-state index in [1.54, 1.807) is 12.1 Å². The van der Waals surface area contributed by atoms with Crippen molar-refractivity contribution in [1.82, 2.24) is 0 Å². The molecule has 176 valence electrons. The summed E-state index contributed by atoms with van der Waals surface area (Å²) in [4.78, 5) is 0. The average Bonchev–Trinajstić information content (AvgIpc) is 2.81. The van der Waals surface area contributed by atoms with Crippen LogP contribution in [0.25, 0.3) is 33.0 Å². The zero-order valence-corrected chi connectivity index (χ0v) is 18.6. The van der Waals surface area contributed by atoms with Crippen molar-refractivity contribution in [1.29, 1.82) is 0 Å². The standard InChI is InChI=1S/C28H23F5O/c1-2-3-4-6-20-7-5-8-22-15-21(13-14-24(20)22)18-9-11-19(12-10-18)23-16-25(29)27(26(30)17-23)34-28(31,32)33/h5,7-17H,2-4,6H2,1H3. The molecule has 0 spiro atoms. The van der Waals surface area contributed by atoms with E-state index in [2.05, 4.69) is 42.0 Å². The Morgan fingerprint density at radius 1 is 0.706 bits per heavy atom. The van der Waals surface area contributed by atoms with Crippen molar-refractivity contribution in [3.05, 3.63) is 90.0 Å². The third kappa shape index (κ3) is 5.38. The molecule has 34 heavy (non-hydrogen) atoms. The van der Waals surface area contributed by atoms with Crippen LogP contribution in [-0.2, 0) is 6.42 Å². The number of hydrogen-bond donors (Lipinski definition) is 0. The lowest BCUT2D eigenvalue weighted by Crippen LogP contribution is -2.19. The predicted octanol–water partition coefficient (Wildman–Crippen LogP) is 9.08. The number of benzene rings is 4. The minimum Gasteiger partial charge on any atom is -0.399 e. The molecular weight excluding hydrogens is 447 g/mol. The molecule has 4 aromatic carbocycles. The fourth-order valence-electron chi connectivity index (χ4n) is 4.11. The molecule has 0 radical (unpaired) electrons. The van der Waals surface area contributed by atoms with Gasteiger partial charge in [-0.1, -0.05) is 74.4 Å². The number of ether oxygens (including phenoxy) is 1. The first kappa shape index (κ1) is 23.7. The minimum atomic E-state index is -5.18.